The van der Waals surface area contributed by atoms with Crippen molar-refractivity contribution in [3.63, 3.8) is 0 Å². The van der Waals surface area contributed by atoms with Crippen molar-refractivity contribution in [1.29, 1.82) is 0 Å². The fourth-order valence-electron chi connectivity index (χ4n) is 2.76. The third-order valence-electron chi connectivity index (χ3n) is 3.80. The number of nitrogens with zero attached hydrogens (tertiary/aromatic N) is 1. The van der Waals surface area contributed by atoms with Crippen LogP contribution in [0.4, 0.5) is 0 Å². The lowest BCUT2D eigenvalue weighted by molar-refractivity contribution is -0.148. The molecule has 0 aromatic heterocycles. The van der Waals surface area contributed by atoms with E-state index in [-0.39, 0.29) is 5.92 Å². The number of rotatable bonds is 2. The van der Waals surface area contributed by atoms with Crippen LogP contribution in [0.5, 0.6) is 0 Å². The average Bonchev–Trinajstić information content (AvgIpc) is 2.57. The molecule has 0 spiro atoms. The summed E-state index contributed by atoms with van der Waals surface area (Å²) in [6, 6.07) is 9.07. The van der Waals surface area contributed by atoms with Gasteiger partial charge in [0.1, 0.15) is 0 Å². The van der Waals surface area contributed by atoms with E-state index in [1.54, 1.807) is 0 Å². The first-order chi connectivity index (χ1) is 7.74. The van der Waals surface area contributed by atoms with Gasteiger partial charge in [-0.25, -0.2) is 0 Å². The molecule has 84 valence electrons. The van der Waals surface area contributed by atoms with Crippen molar-refractivity contribution in [1.82, 2.24) is 4.90 Å². The van der Waals surface area contributed by atoms with E-state index >= 15 is 0 Å². The molecule has 1 aromatic carbocycles. The van der Waals surface area contributed by atoms with Crippen LogP contribution >= 0.6 is 0 Å². The zero-order valence-corrected chi connectivity index (χ0v) is 9.10. The van der Waals surface area contributed by atoms with Gasteiger partial charge in [0.15, 0.2) is 0 Å². The number of likely N-dealkylation sites (tertiary alicyclic amines) is 1. The Bertz CT molecular complexity index is 399. The standard InChI is InChI=1S/C13H15NO2/c15-13(16)11-7-14(8-11)12-5-9-3-1-2-4-10(9)6-12/h1-4,11-12H,5-8H2,(H,15,16). The highest BCUT2D eigenvalue weighted by molar-refractivity contribution is 5.71. The first kappa shape index (κ1) is 9.85. The van der Waals surface area contributed by atoms with Crippen LogP contribution in [0.1, 0.15) is 11.1 Å². The van der Waals surface area contributed by atoms with Crippen molar-refractivity contribution in [2.75, 3.05) is 13.1 Å². The van der Waals surface area contributed by atoms with Crippen LogP contribution in [0.2, 0.25) is 0 Å². The molecule has 0 atom stereocenters. The maximum Gasteiger partial charge on any atom is 0.309 e. The molecule has 1 saturated heterocycles. The van der Waals surface area contributed by atoms with Gasteiger partial charge in [0.25, 0.3) is 0 Å². The molecule has 0 radical (unpaired) electrons. The van der Waals surface area contributed by atoms with Gasteiger partial charge in [0.2, 0.25) is 0 Å². The van der Waals surface area contributed by atoms with Gasteiger partial charge < -0.3 is 5.11 Å². The van der Waals surface area contributed by atoms with Crippen molar-refractivity contribution < 1.29 is 9.90 Å². The molecule has 1 aliphatic heterocycles. The fraction of sp³-hybridized carbons (Fsp3) is 0.462. The van der Waals surface area contributed by atoms with Gasteiger partial charge in [-0.1, -0.05) is 24.3 Å². The summed E-state index contributed by atoms with van der Waals surface area (Å²) in [5, 5.41) is 8.84. The van der Waals surface area contributed by atoms with Crippen molar-refractivity contribution in [3.8, 4) is 0 Å². The molecular weight excluding hydrogens is 202 g/mol. The summed E-state index contributed by atoms with van der Waals surface area (Å²) in [6.07, 6.45) is 2.17. The topological polar surface area (TPSA) is 40.5 Å². The maximum absolute atomic E-state index is 10.7. The molecule has 3 rings (SSSR count). The maximum atomic E-state index is 10.7. The second-order valence-electron chi connectivity index (χ2n) is 4.82. The Balaban J connectivity index is 1.63. The molecular formula is C13H15NO2. The van der Waals surface area contributed by atoms with Gasteiger partial charge in [0, 0.05) is 19.1 Å². The Hall–Kier alpha value is -1.35. The summed E-state index contributed by atoms with van der Waals surface area (Å²) in [4.78, 5) is 13.0. The molecule has 3 nitrogen and oxygen atoms in total. The number of hydrogen-bond acceptors (Lipinski definition) is 2. The zero-order chi connectivity index (χ0) is 11.1. The van der Waals surface area contributed by atoms with Crippen molar-refractivity contribution >= 4 is 5.97 Å². The molecule has 2 aliphatic rings. The SMILES string of the molecule is O=C(O)C1CN(C2Cc3ccccc3C2)C1. The third kappa shape index (κ3) is 1.52. The minimum absolute atomic E-state index is 0.135. The Morgan fingerprint density at radius 1 is 1.19 bits per heavy atom. The molecule has 1 N–H and O–H groups in total. The van der Waals surface area contributed by atoms with Gasteiger partial charge in [-0.3, -0.25) is 9.69 Å². The highest BCUT2D eigenvalue weighted by Gasteiger charge is 2.38. The lowest BCUT2D eigenvalue weighted by Crippen LogP contribution is -2.55. The summed E-state index contributed by atoms with van der Waals surface area (Å²) < 4.78 is 0. The Morgan fingerprint density at radius 3 is 2.25 bits per heavy atom. The summed E-state index contributed by atoms with van der Waals surface area (Å²) in [6.45, 7) is 1.46. The molecule has 0 saturated carbocycles. The second kappa shape index (κ2) is 3.59. The largest absolute Gasteiger partial charge is 0.481 e. The average molecular weight is 217 g/mol. The molecule has 0 unspecified atom stereocenters. The lowest BCUT2D eigenvalue weighted by Gasteiger charge is -2.41. The first-order valence-corrected chi connectivity index (χ1v) is 5.77. The number of benzene rings is 1. The highest BCUT2D eigenvalue weighted by Crippen LogP contribution is 2.29. The van der Waals surface area contributed by atoms with E-state index in [9.17, 15) is 4.79 Å². The lowest BCUT2D eigenvalue weighted by atomic mass is 9.97. The van der Waals surface area contributed by atoms with E-state index in [0.29, 0.717) is 6.04 Å². The van der Waals surface area contributed by atoms with Crippen LogP contribution < -0.4 is 0 Å². The minimum Gasteiger partial charge on any atom is -0.481 e. The van der Waals surface area contributed by atoms with Crippen LogP contribution in [0.25, 0.3) is 0 Å². The van der Waals surface area contributed by atoms with Crippen LogP contribution in [-0.2, 0) is 17.6 Å². The molecule has 16 heavy (non-hydrogen) atoms. The van der Waals surface area contributed by atoms with Crippen LogP contribution in [-0.4, -0.2) is 35.1 Å². The van der Waals surface area contributed by atoms with E-state index in [1.165, 1.54) is 11.1 Å². The molecule has 1 fully saturated rings. The van der Waals surface area contributed by atoms with E-state index in [0.717, 1.165) is 25.9 Å². The number of carboxylic acids is 1. The molecule has 0 amide bonds. The molecule has 1 aliphatic carbocycles. The predicted octanol–water partition coefficient (Wildman–Crippen LogP) is 1.17. The van der Waals surface area contributed by atoms with Gasteiger partial charge in [0.05, 0.1) is 5.92 Å². The number of fused-ring (bicyclic) bond motifs is 1. The van der Waals surface area contributed by atoms with Crippen LogP contribution in [0.15, 0.2) is 24.3 Å². The van der Waals surface area contributed by atoms with Crippen molar-refractivity contribution in [2.45, 2.75) is 18.9 Å². The normalized spacial score (nSPS) is 21.8. The Morgan fingerprint density at radius 2 is 1.75 bits per heavy atom. The molecule has 1 aromatic rings. The zero-order valence-electron chi connectivity index (χ0n) is 9.10. The molecule has 0 bridgehead atoms. The van der Waals surface area contributed by atoms with Crippen molar-refractivity contribution in [3.05, 3.63) is 35.4 Å². The summed E-state index contributed by atoms with van der Waals surface area (Å²) >= 11 is 0. The van der Waals surface area contributed by atoms with E-state index < -0.39 is 5.97 Å². The highest BCUT2D eigenvalue weighted by atomic mass is 16.4. The monoisotopic (exact) mass is 217 g/mol. The smallest absolute Gasteiger partial charge is 0.309 e. The van der Waals surface area contributed by atoms with Gasteiger partial charge in [-0.05, 0) is 24.0 Å². The van der Waals surface area contributed by atoms with E-state index in [1.807, 2.05) is 0 Å². The summed E-state index contributed by atoms with van der Waals surface area (Å²) in [7, 11) is 0. The van der Waals surface area contributed by atoms with Crippen LogP contribution in [0, 0.1) is 5.92 Å². The number of hydrogen-bond donors (Lipinski definition) is 1. The van der Waals surface area contributed by atoms with Gasteiger partial charge >= 0.3 is 5.97 Å². The Kier molecular flexibility index (Phi) is 2.21. The second-order valence-corrected chi connectivity index (χ2v) is 4.82. The number of aliphatic carboxylic acids is 1. The number of carbonyl (C=O) groups is 1. The molecule has 1 heterocycles. The quantitative estimate of drug-likeness (QED) is 0.808. The predicted molar refractivity (Wildman–Crippen MR) is 60.3 cm³/mol. The van der Waals surface area contributed by atoms with E-state index in [4.69, 9.17) is 5.11 Å². The van der Waals surface area contributed by atoms with Crippen molar-refractivity contribution in [2.24, 2.45) is 5.92 Å². The minimum atomic E-state index is -0.647. The van der Waals surface area contributed by atoms with Crippen LogP contribution in [0.3, 0.4) is 0 Å². The summed E-state index contributed by atoms with van der Waals surface area (Å²) in [5.41, 5.74) is 2.87. The third-order valence-corrected chi connectivity index (χ3v) is 3.80. The van der Waals surface area contributed by atoms with E-state index in [2.05, 4.69) is 29.2 Å². The first-order valence-electron chi connectivity index (χ1n) is 5.77. The number of carboxylic acid groups (broad SMARTS) is 1. The van der Waals surface area contributed by atoms with Gasteiger partial charge in [-0.2, -0.15) is 0 Å². The summed E-state index contributed by atoms with van der Waals surface area (Å²) in [5.74, 6) is -0.782. The van der Waals surface area contributed by atoms with Gasteiger partial charge in [-0.15, -0.1) is 0 Å². The molecule has 3 heteroatoms. The Labute approximate surface area is 94.7 Å². The fourth-order valence-corrected chi connectivity index (χ4v) is 2.76.